The molecule has 5 heteroatoms. The van der Waals surface area contributed by atoms with E-state index in [0.29, 0.717) is 13.1 Å². The van der Waals surface area contributed by atoms with Crippen LogP contribution in [-0.4, -0.2) is 20.8 Å². The van der Waals surface area contributed by atoms with E-state index >= 15 is 0 Å². The van der Waals surface area contributed by atoms with Gasteiger partial charge in [0.15, 0.2) is 0 Å². The second-order valence-corrected chi connectivity index (χ2v) is 4.31. The fourth-order valence-electron chi connectivity index (χ4n) is 2.28. The Morgan fingerprint density at radius 2 is 1.83 bits per heavy atom. The molecular weight excluding hydrogens is 230 g/mol. The predicted molar refractivity (Wildman–Crippen MR) is 71.6 cm³/mol. The zero-order valence-corrected chi connectivity index (χ0v) is 10.8. The van der Waals surface area contributed by atoms with Crippen LogP contribution in [0, 0.1) is 0 Å². The number of hydrogen-bond acceptors (Lipinski definition) is 3. The number of nitrogens with zero attached hydrogens (tertiary/aromatic N) is 2. The predicted octanol–water partition coefficient (Wildman–Crippen LogP) is 0.835. The van der Waals surface area contributed by atoms with E-state index in [-0.39, 0.29) is 12.3 Å². The van der Waals surface area contributed by atoms with Gasteiger partial charge in [-0.2, -0.15) is 0 Å². The third-order valence-corrected chi connectivity index (χ3v) is 3.30. The highest BCUT2D eigenvalue weighted by atomic mass is 16.3. The van der Waals surface area contributed by atoms with Crippen LogP contribution in [0.15, 0.2) is 23.0 Å². The van der Waals surface area contributed by atoms with Crippen molar-refractivity contribution in [2.24, 2.45) is 5.73 Å². The van der Waals surface area contributed by atoms with Crippen molar-refractivity contribution in [3.05, 3.63) is 34.2 Å². The second kappa shape index (κ2) is 4.96. The first kappa shape index (κ1) is 12.9. The molecule has 1 aromatic carbocycles. The summed E-state index contributed by atoms with van der Waals surface area (Å²) in [7, 11) is 0. The standard InChI is InChI=1S/C13H19N3O2/c1-3-15-11-6-5-9(10(14)8-17)7-12(11)16(4-2)13(15)18/h5-7,10,17H,3-4,8,14H2,1-2H3/t10-/m1/s1. The van der Waals surface area contributed by atoms with E-state index in [1.807, 2.05) is 32.0 Å². The van der Waals surface area contributed by atoms with E-state index in [0.717, 1.165) is 16.6 Å². The molecule has 0 aliphatic rings. The van der Waals surface area contributed by atoms with Gasteiger partial charge < -0.3 is 10.8 Å². The van der Waals surface area contributed by atoms with Gasteiger partial charge in [-0.15, -0.1) is 0 Å². The molecule has 0 radical (unpaired) electrons. The average molecular weight is 249 g/mol. The zero-order chi connectivity index (χ0) is 13.3. The zero-order valence-electron chi connectivity index (χ0n) is 10.8. The Morgan fingerprint density at radius 3 is 2.39 bits per heavy atom. The highest BCUT2D eigenvalue weighted by Crippen LogP contribution is 2.19. The van der Waals surface area contributed by atoms with Gasteiger partial charge in [0.2, 0.25) is 0 Å². The van der Waals surface area contributed by atoms with Gasteiger partial charge in [0.1, 0.15) is 0 Å². The fourth-order valence-corrected chi connectivity index (χ4v) is 2.28. The first-order valence-electron chi connectivity index (χ1n) is 6.23. The highest BCUT2D eigenvalue weighted by Gasteiger charge is 2.13. The topological polar surface area (TPSA) is 73.2 Å². The van der Waals surface area contributed by atoms with Gasteiger partial charge >= 0.3 is 5.69 Å². The summed E-state index contributed by atoms with van der Waals surface area (Å²) in [6, 6.07) is 5.26. The molecule has 0 saturated carbocycles. The number of hydrogen-bond donors (Lipinski definition) is 2. The Kier molecular flexibility index (Phi) is 3.54. The van der Waals surface area contributed by atoms with Gasteiger partial charge in [0.05, 0.1) is 23.7 Å². The number of nitrogens with two attached hydrogens (primary N) is 1. The molecule has 0 amide bonds. The largest absolute Gasteiger partial charge is 0.394 e. The number of aromatic nitrogens is 2. The van der Waals surface area contributed by atoms with Gasteiger partial charge in [0, 0.05) is 13.1 Å². The third-order valence-electron chi connectivity index (χ3n) is 3.30. The minimum absolute atomic E-state index is 0.00437. The lowest BCUT2D eigenvalue weighted by molar-refractivity contribution is 0.268. The van der Waals surface area contributed by atoms with E-state index in [9.17, 15) is 4.79 Å². The maximum atomic E-state index is 12.1. The van der Waals surface area contributed by atoms with Crippen LogP contribution in [0.3, 0.4) is 0 Å². The summed E-state index contributed by atoms with van der Waals surface area (Å²) in [6.45, 7) is 5.07. The van der Waals surface area contributed by atoms with Crippen molar-refractivity contribution >= 4 is 11.0 Å². The molecule has 0 bridgehead atoms. The fraction of sp³-hybridized carbons (Fsp3) is 0.462. The van der Waals surface area contributed by atoms with Crippen molar-refractivity contribution in [1.82, 2.24) is 9.13 Å². The first-order valence-corrected chi connectivity index (χ1v) is 6.23. The maximum absolute atomic E-state index is 12.1. The number of aliphatic hydroxyl groups excluding tert-OH is 1. The second-order valence-electron chi connectivity index (χ2n) is 4.31. The molecule has 1 heterocycles. The highest BCUT2D eigenvalue weighted by molar-refractivity contribution is 5.77. The molecule has 0 saturated heterocycles. The molecule has 1 atom stereocenters. The van der Waals surface area contributed by atoms with Crippen LogP contribution < -0.4 is 11.4 Å². The molecule has 3 N–H and O–H groups in total. The van der Waals surface area contributed by atoms with Crippen molar-refractivity contribution in [2.45, 2.75) is 33.0 Å². The number of aryl methyl sites for hydroxylation is 2. The van der Waals surface area contributed by atoms with Crippen LogP contribution in [0.4, 0.5) is 0 Å². The Hall–Kier alpha value is -1.59. The van der Waals surface area contributed by atoms with Crippen molar-refractivity contribution in [1.29, 1.82) is 0 Å². The summed E-state index contributed by atoms with van der Waals surface area (Å²) in [4.78, 5) is 12.1. The van der Waals surface area contributed by atoms with Crippen LogP contribution in [0.1, 0.15) is 25.5 Å². The SMILES string of the molecule is CCn1c(=O)n(CC)c2cc([C@H](N)CO)ccc21. The summed E-state index contributed by atoms with van der Waals surface area (Å²) in [5.41, 5.74) is 8.46. The maximum Gasteiger partial charge on any atom is 0.329 e. The molecule has 0 aliphatic carbocycles. The first-order chi connectivity index (χ1) is 8.63. The molecule has 0 aliphatic heterocycles. The average Bonchev–Trinajstić information content (AvgIpc) is 2.67. The van der Waals surface area contributed by atoms with Crippen molar-refractivity contribution < 1.29 is 5.11 Å². The summed E-state index contributed by atoms with van der Waals surface area (Å²) in [6.07, 6.45) is 0. The van der Waals surface area contributed by atoms with E-state index in [1.165, 1.54) is 0 Å². The summed E-state index contributed by atoms with van der Waals surface area (Å²) in [5.74, 6) is 0. The van der Waals surface area contributed by atoms with Gasteiger partial charge in [-0.05, 0) is 31.5 Å². The lowest BCUT2D eigenvalue weighted by atomic mass is 10.1. The number of rotatable bonds is 4. The Labute approximate surface area is 105 Å². The number of aliphatic hydroxyl groups is 1. The molecule has 0 unspecified atom stereocenters. The monoisotopic (exact) mass is 249 g/mol. The van der Waals surface area contributed by atoms with E-state index in [2.05, 4.69) is 0 Å². The van der Waals surface area contributed by atoms with E-state index in [4.69, 9.17) is 10.8 Å². The molecular formula is C13H19N3O2. The molecule has 2 rings (SSSR count). The van der Waals surface area contributed by atoms with Gasteiger partial charge in [0.25, 0.3) is 0 Å². The van der Waals surface area contributed by atoms with Crippen LogP contribution in [-0.2, 0) is 13.1 Å². The van der Waals surface area contributed by atoms with Gasteiger partial charge in [-0.25, -0.2) is 4.79 Å². The molecule has 0 fully saturated rings. The summed E-state index contributed by atoms with van der Waals surface area (Å²) in [5, 5.41) is 9.09. The van der Waals surface area contributed by atoms with E-state index < -0.39 is 6.04 Å². The van der Waals surface area contributed by atoms with Crippen LogP contribution in [0.2, 0.25) is 0 Å². The molecule has 1 aromatic heterocycles. The van der Waals surface area contributed by atoms with Crippen LogP contribution in [0.5, 0.6) is 0 Å². The van der Waals surface area contributed by atoms with Gasteiger partial charge in [-0.3, -0.25) is 9.13 Å². The smallest absolute Gasteiger partial charge is 0.329 e. The van der Waals surface area contributed by atoms with E-state index in [1.54, 1.807) is 9.13 Å². The Morgan fingerprint density at radius 1 is 1.22 bits per heavy atom. The quantitative estimate of drug-likeness (QED) is 0.843. The van der Waals surface area contributed by atoms with Gasteiger partial charge in [-0.1, -0.05) is 6.07 Å². The summed E-state index contributed by atoms with van der Waals surface area (Å²) < 4.78 is 3.47. The lowest BCUT2D eigenvalue weighted by Gasteiger charge is -2.09. The van der Waals surface area contributed by atoms with Crippen LogP contribution >= 0.6 is 0 Å². The molecule has 18 heavy (non-hydrogen) atoms. The Balaban J connectivity index is 2.73. The number of fused-ring (bicyclic) bond motifs is 1. The number of imidazole rings is 1. The third kappa shape index (κ3) is 1.85. The summed E-state index contributed by atoms with van der Waals surface area (Å²) >= 11 is 0. The van der Waals surface area contributed by atoms with Crippen molar-refractivity contribution in [3.8, 4) is 0 Å². The number of benzene rings is 1. The normalized spacial score (nSPS) is 13.1. The van der Waals surface area contributed by atoms with Crippen LogP contribution in [0.25, 0.3) is 11.0 Å². The van der Waals surface area contributed by atoms with Crippen molar-refractivity contribution in [2.75, 3.05) is 6.61 Å². The molecule has 2 aromatic rings. The minimum atomic E-state index is -0.403. The molecule has 5 nitrogen and oxygen atoms in total. The Bertz CT molecular complexity index is 612. The lowest BCUT2D eigenvalue weighted by Crippen LogP contribution is -2.23. The minimum Gasteiger partial charge on any atom is -0.394 e. The van der Waals surface area contributed by atoms with Crippen molar-refractivity contribution in [3.63, 3.8) is 0 Å². The molecule has 98 valence electrons. The molecule has 0 spiro atoms.